The first-order valence-corrected chi connectivity index (χ1v) is 4.70. The molecule has 0 unspecified atom stereocenters. The quantitative estimate of drug-likeness (QED) is 0.619. The van der Waals surface area contributed by atoms with Gasteiger partial charge in [-0.15, -0.1) is 0 Å². The average Bonchev–Trinajstić information content (AvgIpc) is 2.54. The highest BCUT2D eigenvalue weighted by atomic mass is 32.1. The molecule has 1 heterocycles. The first-order chi connectivity index (χ1) is 7.50. The summed E-state index contributed by atoms with van der Waals surface area (Å²) in [7, 11) is 0. The summed E-state index contributed by atoms with van der Waals surface area (Å²) in [6.45, 7) is 1.60. The van der Waals surface area contributed by atoms with Crippen LogP contribution in [-0.4, -0.2) is 14.8 Å². The minimum Gasteiger partial charge on any atom is -0.272 e. The molecule has 0 fully saturated rings. The van der Waals surface area contributed by atoms with Crippen LogP contribution in [0.15, 0.2) is 12.1 Å². The zero-order valence-corrected chi connectivity index (χ0v) is 8.91. The van der Waals surface area contributed by atoms with Gasteiger partial charge < -0.3 is 0 Å². The molecule has 2 aromatic rings. The van der Waals surface area contributed by atoms with Gasteiger partial charge in [0.15, 0.2) is 22.2 Å². The van der Waals surface area contributed by atoms with Crippen molar-refractivity contribution in [2.24, 2.45) is 0 Å². The summed E-state index contributed by atoms with van der Waals surface area (Å²) in [4.78, 5) is 0. The molecular formula is C9H6F3N3S. The third kappa shape index (κ3) is 1.63. The molecule has 0 atom stereocenters. The van der Waals surface area contributed by atoms with E-state index in [4.69, 9.17) is 12.2 Å². The fourth-order valence-corrected chi connectivity index (χ4v) is 1.63. The van der Waals surface area contributed by atoms with E-state index in [1.807, 2.05) is 0 Å². The van der Waals surface area contributed by atoms with Crippen LogP contribution in [0, 0.1) is 29.1 Å². The molecule has 1 N–H and O–H groups in total. The van der Waals surface area contributed by atoms with Gasteiger partial charge in [-0.2, -0.15) is 5.10 Å². The van der Waals surface area contributed by atoms with Crippen LogP contribution in [0.5, 0.6) is 0 Å². The maximum Gasteiger partial charge on any atom is 0.199 e. The van der Waals surface area contributed by atoms with Crippen LogP contribution in [0.4, 0.5) is 13.2 Å². The molecular weight excluding hydrogens is 239 g/mol. The Kier molecular flexibility index (Phi) is 2.55. The molecule has 7 heteroatoms. The number of aromatic amines is 1. The Bertz CT molecular complexity index is 579. The number of nitrogens with one attached hydrogen (secondary N) is 1. The largest absolute Gasteiger partial charge is 0.272 e. The van der Waals surface area contributed by atoms with Crippen molar-refractivity contribution in [2.75, 3.05) is 0 Å². The highest BCUT2D eigenvalue weighted by Gasteiger charge is 2.13. The number of aromatic nitrogens is 3. The van der Waals surface area contributed by atoms with Gasteiger partial charge in [0.05, 0.1) is 5.69 Å². The number of rotatable bonds is 1. The molecule has 0 saturated carbocycles. The molecule has 16 heavy (non-hydrogen) atoms. The molecule has 1 aromatic carbocycles. The van der Waals surface area contributed by atoms with E-state index in [1.165, 1.54) is 4.57 Å². The van der Waals surface area contributed by atoms with Crippen molar-refractivity contribution in [3.63, 3.8) is 0 Å². The first kappa shape index (κ1) is 10.9. The van der Waals surface area contributed by atoms with Crippen molar-refractivity contribution in [3.05, 3.63) is 40.2 Å². The third-order valence-corrected chi connectivity index (χ3v) is 2.34. The monoisotopic (exact) mass is 245 g/mol. The minimum absolute atomic E-state index is 0.0904. The van der Waals surface area contributed by atoms with E-state index in [0.717, 1.165) is 12.1 Å². The summed E-state index contributed by atoms with van der Waals surface area (Å²) in [5.41, 5.74) is 0.0904. The number of benzene rings is 1. The zero-order valence-electron chi connectivity index (χ0n) is 8.09. The fraction of sp³-hybridized carbons (Fsp3) is 0.111. The Balaban J connectivity index is 2.71. The van der Waals surface area contributed by atoms with Gasteiger partial charge in [-0.25, -0.2) is 13.2 Å². The first-order valence-electron chi connectivity index (χ1n) is 4.29. The number of nitrogens with zero attached hydrogens (tertiary/aromatic N) is 2. The Morgan fingerprint density at radius 2 is 1.81 bits per heavy atom. The van der Waals surface area contributed by atoms with Crippen molar-refractivity contribution < 1.29 is 13.2 Å². The summed E-state index contributed by atoms with van der Waals surface area (Å²) in [6, 6.07) is 1.72. The second-order valence-electron chi connectivity index (χ2n) is 3.13. The summed E-state index contributed by atoms with van der Waals surface area (Å²) in [5, 5.41) is 6.25. The molecule has 84 valence electrons. The van der Waals surface area contributed by atoms with Crippen LogP contribution < -0.4 is 0 Å². The van der Waals surface area contributed by atoms with Gasteiger partial charge in [0.25, 0.3) is 0 Å². The van der Waals surface area contributed by atoms with Gasteiger partial charge in [0.1, 0.15) is 5.82 Å². The number of hydrogen-bond acceptors (Lipinski definition) is 2. The third-order valence-electron chi connectivity index (χ3n) is 2.07. The second-order valence-corrected chi connectivity index (χ2v) is 3.52. The highest BCUT2D eigenvalue weighted by Crippen LogP contribution is 2.17. The van der Waals surface area contributed by atoms with Crippen LogP contribution in [-0.2, 0) is 0 Å². The fourth-order valence-electron chi connectivity index (χ4n) is 1.35. The smallest absolute Gasteiger partial charge is 0.199 e. The second kappa shape index (κ2) is 3.75. The van der Waals surface area contributed by atoms with Gasteiger partial charge in [0, 0.05) is 12.1 Å². The molecule has 1 aromatic heterocycles. The Morgan fingerprint density at radius 1 is 1.25 bits per heavy atom. The van der Waals surface area contributed by atoms with E-state index in [2.05, 4.69) is 10.2 Å². The van der Waals surface area contributed by atoms with E-state index < -0.39 is 17.5 Å². The van der Waals surface area contributed by atoms with E-state index in [9.17, 15) is 13.2 Å². The number of halogens is 3. The maximum absolute atomic E-state index is 13.0. The van der Waals surface area contributed by atoms with E-state index in [1.54, 1.807) is 6.92 Å². The molecule has 0 aliphatic heterocycles. The zero-order chi connectivity index (χ0) is 11.9. The standard InChI is InChI=1S/C9H6F3N3S/c1-4-13-14-9(16)15(4)5-2-6(10)8(12)7(11)3-5/h2-3H,1H3,(H,14,16). The Hall–Kier alpha value is -1.63. The number of hydrogen-bond donors (Lipinski definition) is 1. The van der Waals surface area contributed by atoms with E-state index in [0.29, 0.717) is 5.82 Å². The number of aryl methyl sites for hydroxylation is 1. The highest BCUT2D eigenvalue weighted by molar-refractivity contribution is 7.71. The lowest BCUT2D eigenvalue weighted by Crippen LogP contribution is -2.01. The van der Waals surface area contributed by atoms with Crippen molar-refractivity contribution in [2.45, 2.75) is 6.92 Å². The molecule has 0 radical (unpaired) electrons. The predicted octanol–water partition coefficient (Wildman–Crippen LogP) is 2.66. The van der Waals surface area contributed by atoms with Crippen molar-refractivity contribution in [1.29, 1.82) is 0 Å². The topological polar surface area (TPSA) is 33.6 Å². The molecule has 2 rings (SSSR count). The Labute approximate surface area is 93.5 Å². The summed E-state index contributed by atoms with van der Waals surface area (Å²) < 4.78 is 40.2. The van der Waals surface area contributed by atoms with Crippen molar-refractivity contribution in [3.8, 4) is 5.69 Å². The molecule has 0 aliphatic rings. The van der Waals surface area contributed by atoms with Gasteiger partial charge in [-0.05, 0) is 19.1 Å². The number of H-pyrrole nitrogens is 1. The lowest BCUT2D eigenvalue weighted by Gasteiger charge is -2.05. The van der Waals surface area contributed by atoms with Crippen molar-refractivity contribution >= 4 is 12.2 Å². The SMILES string of the molecule is Cc1n[nH]c(=S)n1-c1cc(F)c(F)c(F)c1. The lowest BCUT2D eigenvalue weighted by atomic mass is 10.3. The van der Waals surface area contributed by atoms with Crippen LogP contribution in [0.1, 0.15) is 5.82 Å². The van der Waals surface area contributed by atoms with E-state index in [-0.39, 0.29) is 10.5 Å². The summed E-state index contributed by atoms with van der Waals surface area (Å²) in [5.74, 6) is -3.61. The summed E-state index contributed by atoms with van der Waals surface area (Å²) >= 11 is 4.88. The minimum atomic E-state index is -1.50. The van der Waals surface area contributed by atoms with Gasteiger partial charge in [0.2, 0.25) is 0 Å². The molecule has 3 nitrogen and oxygen atoms in total. The van der Waals surface area contributed by atoms with E-state index >= 15 is 0 Å². The van der Waals surface area contributed by atoms with Crippen LogP contribution >= 0.6 is 12.2 Å². The van der Waals surface area contributed by atoms with Gasteiger partial charge in [-0.1, -0.05) is 0 Å². The lowest BCUT2D eigenvalue weighted by molar-refractivity contribution is 0.446. The van der Waals surface area contributed by atoms with Gasteiger partial charge in [-0.3, -0.25) is 9.67 Å². The summed E-state index contributed by atoms with van der Waals surface area (Å²) in [6.07, 6.45) is 0. The van der Waals surface area contributed by atoms with Crippen LogP contribution in [0.2, 0.25) is 0 Å². The predicted molar refractivity (Wildman–Crippen MR) is 53.4 cm³/mol. The van der Waals surface area contributed by atoms with Gasteiger partial charge >= 0.3 is 0 Å². The molecule has 0 amide bonds. The molecule has 0 aliphatic carbocycles. The van der Waals surface area contributed by atoms with Crippen LogP contribution in [0.3, 0.4) is 0 Å². The molecule has 0 bridgehead atoms. The average molecular weight is 245 g/mol. The molecule has 0 saturated heterocycles. The van der Waals surface area contributed by atoms with Crippen molar-refractivity contribution in [1.82, 2.24) is 14.8 Å². The normalized spacial score (nSPS) is 10.8. The molecule has 0 spiro atoms. The maximum atomic E-state index is 13.0. The van der Waals surface area contributed by atoms with Crippen LogP contribution in [0.25, 0.3) is 5.69 Å². The Morgan fingerprint density at radius 3 is 2.25 bits per heavy atom.